The smallest absolute Gasteiger partial charge is 0.337 e. The van der Waals surface area contributed by atoms with Crippen molar-refractivity contribution in [3.63, 3.8) is 0 Å². The van der Waals surface area contributed by atoms with Crippen LogP contribution in [0.2, 0.25) is 5.02 Å². The minimum Gasteiger partial charge on any atom is -0.465 e. The molecule has 1 aromatic carbocycles. The summed E-state index contributed by atoms with van der Waals surface area (Å²) in [7, 11) is 1.26. The van der Waals surface area contributed by atoms with Gasteiger partial charge in [-0.1, -0.05) is 11.6 Å². The van der Waals surface area contributed by atoms with Crippen LogP contribution in [0, 0.1) is 22.7 Å². The van der Waals surface area contributed by atoms with E-state index in [0.29, 0.717) is 10.7 Å². The number of hydrogen-bond acceptors (Lipinski definition) is 6. The van der Waals surface area contributed by atoms with Crippen molar-refractivity contribution in [2.24, 2.45) is 5.10 Å². The van der Waals surface area contributed by atoms with Crippen molar-refractivity contribution < 1.29 is 9.53 Å². The summed E-state index contributed by atoms with van der Waals surface area (Å²) in [4.78, 5) is 11.3. The van der Waals surface area contributed by atoms with Gasteiger partial charge in [-0.25, -0.2) is 4.79 Å². The predicted octanol–water partition coefficient (Wildman–Crippen LogP) is 1.94. The average molecular weight is 263 g/mol. The van der Waals surface area contributed by atoms with Crippen LogP contribution in [-0.4, -0.2) is 18.8 Å². The van der Waals surface area contributed by atoms with Crippen molar-refractivity contribution in [3.05, 3.63) is 28.8 Å². The van der Waals surface area contributed by atoms with E-state index in [1.807, 2.05) is 0 Å². The number of ether oxygens (including phenoxy) is 1. The van der Waals surface area contributed by atoms with Crippen molar-refractivity contribution in [1.29, 1.82) is 10.5 Å². The minimum absolute atomic E-state index is 0.273. The highest BCUT2D eigenvalue weighted by molar-refractivity contribution is 6.33. The standard InChI is InChI=1S/C11H7ClN4O2/c1-18-11(17)7-2-3-9(12)10(4-7)16-15-8(5-13)6-14/h2-4,16H,1H3. The SMILES string of the molecule is COC(=O)c1ccc(Cl)c(NN=C(C#N)C#N)c1. The molecule has 0 saturated heterocycles. The van der Waals surface area contributed by atoms with Gasteiger partial charge in [0, 0.05) is 0 Å². The molecule has 0 radical (unpaired) electrons. The Kier molecular flexibility index (Phi) is 4.67. The van der Waals surface area contributed by atoms with Crippen LogP contribution in [0.3, 0.4) is 0 Å². The van der Waals surface area contributed by atoms with Crippen LogP contribution in [0.4, 0.5) is 5.69 Å². The fourth-order valence-electron chi connectivity index (χ4n) is 1.05. The summed E-state index contributed by atoms with van der Waals surface area (Å²) < 4.78 is 4.55. The number of benzene rings is 1. The van der Waals surface area contributed by atoms with Crippen LogP contribution in [0.15, 0.2) is 23.3 Å². The molecule has 0 aliphatic heterocycles. The van der Waals surface area contributed by atoms with Gasteiger partial charge in [-0.2, -0.15) is 15.6 Å². The zero-order valence-corrected chi connectivity index (χ0v) is 10.0. The lowest BCUT2D eigenvalue weighted by atomic mass is 10.2. The second-order valence-electron chi connectivity index (χ2n) is 2.98. The number of carbonyl (C=O) groups excluding carboxylic acids is 1. The summed E-state index contributed by atoms with van der Waals surface area (Å²) in [6.07, 6.45) is 0. The number of anilines is 1. The number of nitriles is 2. The highest BCUT2D eigenvalue weighted by atomic mass is 35.5. The van der Waals surface area contributed by atoms with Crippen LogP contribution in [0.25, 0.3) is 0 Å². The molecule has 6 nitrogen and oxygen atoms in total. The second-order valence-corrected chi connectivity index (χ2v) is 3.39. The van der Waals surface area contributed by atoms with Gasteiger partial charge in [0.2, 0.25) is 5.71 Å². The molecule has 0 bridgehead atoms. The van der Waals surface area contributed by atoms with Gasteiger partial charge in [-0.15, -0.1) is 0 Å². The molecule has 0 aromatic heterocycles. The fraction of sp³-hybridized carbons (Fsp3) is 0.0909. The minimum atomic E-state index is -0.528. The van der Waals surface area contributed by atoms with E-state index in [1.54, 1.807) is 12.1 Å². The third kappa shape index (κ3) is 3.21. The number of nitrogens with zero attached hydrogens (tertiary/aromatic N) is 3. The molecule has 0 unspecified atom stereocenters. The maximum atomic E-state index is 11.3. The summed E-state index contributed by atoms with van der Waals surface area (Å²) >= 11 is 5.86. The third-order valence-corrected chi connectivity index (χ3v) is 2.22. The van der Waals surface area contributed by atoms with Crippen molar-refractivity contribution in [2.45, 2.75) is 0 Å². The van der Waals surface area contributed by atoms with E-state index in [-0.39, 0.29) is 11.3 Å². The molecule has 90 valence electrons. The highest BCUT2D eigenvalue weighted by Crippen LogP contribution is 2.23. The van der Waals surface area contributed by atoms with E-state index in [4.69, 9.17) is 22.1 Å². The molecule has 1 aromatic rings. The first-order valence-corrected chi connectivity index (χ1v) is 5.02. The van der Waals surface area contributed by atoms with Gasteiger partial charge >= 0.3 is 5.97 Å². The number of esters is 1. The van der Waals surface area contributed by atoms with Crippen molar-refractivity contribution >= 4 is 29.0 Å². The van der Waals surface area contributed by atoms with Crippen molar-refractivity contribution in [2.75, 3.05) is 12.5 Å². The average Bonchev–Trinajstić information content (AvgIpc) is 2.40. The lowest BCUT2D eigenvalue weighted by Gasteiger charge is -2.05. The van der Waals surface area contributed by atoms with Gasteiger partial charge in [0.05, 0.1) is 23.4 Å². The highest BCUT2D eigenvalue weighted by Gasteiger charge is 2.08. The summed E-state index contributed by atoms with van der Waals surface area (Å²) in [5.74, 6) is -0.528. The Morgan fingerprint density at radius 1 is 1.44 bits per heavy atom. The molecule has 0 spiro atoms. The Hall–Kier alpha value is -2.57. The quantitative estimate of drug-likeness (QED) is 0.510. The monoisotopic (exact) mass is 262 g/mol. The molecular weight excluding hydrogens is 256 g/mol. The molecule has 7 heteroatoms. The summed E-state index contributed by atoms with van der Waals surface area (Å²) in [5.41, 5.74) is 2.65. The Bertz CT molecular complexity index is 568. The molecular formula is C11H7ClN4O2. The van der Waals surface area contributed by atoms with Crippen LogP contribution in [-0.2, 0) is 4.74 Å². The van der Waals surface area contributed by atoms with Gasteiger partial charge in [-0.05, 0) is 18.2 Å². The number of nitrogens with one attached hydrogen (secondary N) is 1. The maximum absolute atomic E-state index is 11.3. The van der Waals surface area contributed by atoms with Crippen LogP contribution >= 0.6 is 11.6 Å². The Morgan fingerprint density at radius 2 is 2.11 bits per heavy atom. The topological polar surface area (TPSA) is 98.3 Å². The number of methoxy groups -OCH3 is 1. The number of rotatable bonds is 3. The molecule has 0 aliphatic carbocycles. The van der Waals surface area contributed by atoms with Gasteiger partial charge in [0.15, 0.2) is 0 Å². The molecule has 0 heterocycles. The Balaban J connectivity index is 3.03. The summed E-state index contributed by atoms with van der Waals surface area (Å²) in [6, 6.07) is 7.53. The van der Waals surface area contributed by atoms with Crippen LogP contribution in [0.1, 0.15) is 10.4 Å². The predicted molar refractivity (Wildman–Crippen MR) is 65.1 cm³/mol. The molecule has 1 N–H and O–H groups in total. The third-order valence-electron chi connectivity index (χ3n) is 1.89. The van der Waals surface area contributed by atoms with Gasteiger partial charge in [0.25, 0.3) is 0 Å². The lowest BCUT2D eigenvalue weighted by Crippen LogP contribution is -2.03. The first-order chi connectivity index (χ1) is 8.62. The van der Waals surface area contributed by atoms with Gasteiger partial charge in [-0.3, -0.25) is 5.43 Å². The summed E-state index contributed by atoms with van der Waals surface area (Å²) in [5, 5.41) is 20.8. The zero-order valence-electron chi connectivity index (χ0n) is 9.27. The number of hydrazone groups is 1. The van der Waals surface area contributed by atoms with E-state index >= 15 is 0 Å². The van der Waals surface area contributed by atoms with Crippen LogP contribution < -0.4 is 5.43 Å². The molecule has 0 amide bonds. The molecule has 0 fully saturated rings. The first-order valence-electron chi connectivity index (χ1n) is 4.64. The van der Waals surface area contributed by atoms with E-state index in [1.165, 1.54) is 25.3 Å². The Labute approximate surface area is 108 Å². The molecule has 0 atom stereocenters. The van der Waals surface area contributed by atoms with Gasteiger partial charge in [0.1, 0.15) is 12.1 Å². The Morgan fingerprint density at radius 3 is 2.67 bits per heavy atom. The van der Waals surface area contributed by atoms with Crippen molar-refractivity contribution in [1.82, 2.24) is 0 Å². The number of halogens is 1. The van der Waals surface area contributed by atoms with E-state index in [9.17, 15) is 4.79 Å². The zero-order chi connectivity index (χ0) is 13.5. The molecule has 0 saturated carbocycles. The molecule has 0 aliphatic rings. The second kappa shape index (κ2) is 6.24. The number of carbonyl (C=O) groups is 1. The summed E-state index contributed by atoms with van der Waals surface area (Å²) in [6.45, 7) is 0. The largest absolute Gasteiger partial charge is 0.465 e. The normalized spacial score (nSPS) is 8.67. The van der Waals surface area contributed by atoms with Crippen LogP contribution in [0.5, 0.6) is 0 Å². The first kappa shape index (κ1) is 13.5. The van der Waals surface area contributed by atoms with E-state index in [2.05, 4.69) is 15.3 Å². The maximum Gasteiger partial charge on any atom is 0.337 e. The van der Waals surface area contributed by atoms with E-state index in [0.717, 1.165) is 0 Å². The molecule has 18 heavy (non-hydrogen) atoms. The molecule has 1 rings (SSSR count). The fourth-order valence-corrected chi connectivity index (χ4v) is 1.21. The van der Waals surface area contributed by atoms with E-state index < -0.39 is 5.97 Å². The van der Waals surface area contributed by atoms with Gasteiger partial charge < -0.3 is 4.74 Å². The van der Waals surface area contributed by atoms with Crippen molar-refractivity contribution in [3.8, 4) is 12.1 Å². The number of hydrogen-bond donors (Lipinski definition) is 1. The lowest BCUT2D eigenvalue weighted by molar-refractivity contribution is 0.0601.